The van der Waals surface area contributed by atoms with E-state index in [0.29, 0.717) is 30.0 Å². The maximum atomic E-state index is 12.2. The van der Waals surface area contributed by atoms with Gasteiger partial charge in [-0.1, -0.05) is 0 Å². The summed E-state index contributed by atoms with van der Waals surface area (Å²) >= 11 is 0. The molecule has 2 N–H and O–H groups in total. The third-order valence-electron chi connectivity index (χ3n) is 3.68. The molecule has 1 heterocycles. The Morgan fingerprint density at radius 1 is 1.30 bits per heavy atom. The predicted octanol–water partition coefficient (Wildman–Crippen LogP) is 1.90. The fourth-order valence-electron chi connectivity index (χ4n) is 2.37. The summed E-state index contributed by atoms with van der Waals surface area (Å²) in [5.41, 5.74) is 1.25. The van der Waals surface area contributed by atoms with Crippen molar-refractivity contribution in [3.63, 3.8) is 0 Å². The number of aliphatic hydroxyl groups is 1. The lowest BCUT2D eigenvalue weighted by molar-refractivity contribution is 0.0938. The van der Waals surface area contributed by atoms with Crippen LogP contribution in [0.4, 0.5) is 0 Å². The molecule has 0 aliphatic heterocycles. The average Bonchev–Trinajstić information content (AvgIpc) is 3.00. The van der Waals surface area contributed by atoms with Crippen molar-refractivity contribution in [1.82, 2.24) is 9.88 Å². The van der Waals surface area contributed by atoms with E-state index >= 15 is 0 Å². The van der Waals surface area contributed by atoms with E-state index in [-0.39, 0.29) is 5.91 Å². The van der Waals surface area contributed by atoms with Crippen LogP contribution in [0.15, 0.2) is 36.5 Å². The van der Waals surface area contributed by atoms with Gasteiger partial charge in [-0.05, 0) is 30.7 Å². The lowest BCUT2D eigenvalue weighted by atomic mass is 10.1. The van der Waals surface area contributed by atoms with Crippen LogP contribution in [0.2, 0.25) is 0 Å². The Kier molecular flexibility index (Phi) is 5.65. The van der Waals surface area contributed by atoms with Crippen LogP contribution < -0.4 is 14.8 Å². The number of hydrogen-bond donors (Lipinski definition) is 2. The molecule has 0 fully saturated rings. The third-order valence-corrected chi connectivity index (χ3v) is 3.68. The highest BCUT2D eigenvalue weighted by molar-refractivity contribution is 5.97. The van der Waals surface area contributed by atoms with E-state index in [1.807, 2.05) is 29.9 Å². The molecule has 0 aliphatic rings. The van der Waals surface area contributed by atoms with Crippen molar-refractivity contribution in [1.29, 1.82) is 0 Å². The number of carbonyl (C=O) groups excluding carboxylic acids is 1. The first-order valence-corrected chi connectivity index (χ1v) is 7.36. The summed E-state index contributed by atoms with van der Waals surface area (Å²) in [6, 6.07) is 8.75. The summed E-state index contributed by atoms with van der Waals surface area (Å²) in [7, 11) is 4.93. The minimum Gasteiger partial charge on any atom is -0.497 e. The van der Waals surface area contributed by atoms with Crippen molar-refractivity contribution in [2.75, 3.05) is 20.8 Å². The van der Waals surface area contributed by atoms with Gasteiger partial charge >= 0.3 is 0 Å². The zero-order chi connectivity index (χ0) is 16.8. The van der Waals surface area contributed by atoms with Gasteiger partial charge in [0, 0.05) is 31.5 Å². The number of methoxy groups -OCH3 is 2. The van der Waals surface area contributed by atoms with Crippen molar-refractivity contribution < 1.29 is 19.4 Å². The quantitative estimate of drug-likeness (QED) is 0.818. The second kappa shape index (κ2) is 7.69. The fourth-order valence-corrected chi connectivity index (χ4v) is 2.37. The second-order valence-corrected chi connectivity index (χ2v) is 5.17. The number of aryl methyl sites for hydroxylation is 1. The number of aromatic nitrogens is 1. The molecule has 1 amide bonds. The van der Waals surface area contributed by atoms with Crippen LogP contribution in [0, 0.1) is 0 Å². The van der Waals surface area contributed by atoms with E-state index in [1.54, 1.807) is 25.3 Å². The number of aliphatic hydroxyl groups excluding tert-OH is 1. The molecular weight excluding hydrogens is 296 g/mol. The molecule has 2 aromatic rings. The molecule has 0 saturated heterocycles. The third kappa shape index (κ3) is 4.04. The SMILES string of the molecule is COc1ccc(C(=O)NCCC(O)c2cccn2C)c(OC)c1. The Hall–Kier alpha value is -2.47. The molecule has 1 unspecified atom stereocenters. The molecule has 23 heavy (non-hydrogen) atoms. The number of benzene rings is 1. The molecule has 0 spiro atoms. The van der Waals surface area contributed by atoms with E-state index in [1.165, 1.54) is 7.11 Å². The van der Waals surface area contributed by atoms with Gasteiger partial charge in [0.05, 0.1) is 25.9 Å². The normalized spacial score (nSPS) is 11.8. The lowest BCUT2D eigenvalue weighted by Gasteiger charge is -2.14. The Labute approximate surface area is 135 Å². The number of carbonyl (C=O) groups is 1. The van der Waals surface area contributed by atoms with Gasteiger partial charge in [0.1, 0.15) is 11.5 Å². The van der Waals surface area contributed by atoms with Crippen LogP contribution >= 0.6 is 0 Å². The summed E-state index contributed by atoms with van der Waals surface area (Å²) in [6.45, 7) is 0.361. The van der Waals surface area contributed by atoms with Crippen molar-refractivity contribution in [2.45, 2.75) is 12.5 Å². The fraction of sp³-hybridized carbons (Fsp3) is 0.353. The van der Waals surface area contributed by atoms with Crippen LogP contribution in [-0.2, 0) is 7.05 Å². The monoisotopic (exact) mass is 318 g/mol. The van der Waals surface area contributed by atoms with Gasteiger partial charge < -0.3 is 24.5 Å². The molecule has 6 nitrogen and oxygen atoms in total. The summed E-state index contributed by atoms with van der Waals surface area (Å²) in [5.74, 6) is 0.825. The molecule has 6 heteroatoms. The van der Waals surface area contributed by atoms with Crippen LogP contribution in [0.1, 0.15) is 28.6 Å². The summed E-state index contributed by atoms with van der Waals surface area (Å²) in [4.78, 5) is 12.2. The Balaban J connectivity index is 1.93. The van der Waals surface area contributed by atoms with Gasteiger partial charge in [-0.15, -0.1) is 0 Å². The minimum absolute atomic E-state index is 0.247. The van der Waals surface area contributed by atoms with Crippen LogP contribution in [-0.4, -0.2) is 36.3 Å². The Morgan fingerprint density at radius 2 is 2.09 bits per heavy atom. The molecule has 0 saturated carbocycles. The van der Waals surface area contributed by atoms with Gasteiger partial charge in [0.2, 0.25) is 0 Å². The van der Waals surface area contributed by atoms with Crippen molar-refractivity contribution in [3.8, 4) is 11.5 Å². The number of nitrogens with zero attached hydrogens (tertiary/aromatic N) is 1. The van der Waals surface area contributed by atoms with E-state index in [4.69, 9.17) is 9.47 Å². The van der Waals surface area contributed by atoms with Crippen LogP contribution in [0.25, 0.3) is 0 Å². The zero-order valence-electron chi connectivity index (χ0n) is 13.6. The maximum absolute atomic E-state index is 12.2. The molecule has 124 valence electrons. The van der Waals surface area contributed by atoms with E-state index < -0.39 is 6.10 Å². The highest BCUT2D eigenvalue weighted by atomic mass is 16.5. The van der Waals surface area contributed by atoms with Gasteiger partial charge in [-0.2, -0.15) is 0 Å². The lowest BCUT2D eigenvalue weighted by Crippen LogP contribution is -2.26. The van der Waals surface area contributed by atoms with Crippen molar-refractivity contribution in [3.05, 3.63) is 47.8 Å². The largest absolute Gasteiger partial charge is 0.497 e. The topological polar surface area (TPSA) is 72.7 Å². The summed E-state index contributed by atoms with van der Waals surface area (Å²) in [6.07, 6.45) is 1.69. The van der Waals surface area contributed by atoms with Gasteiger partial charge in [0.25, 0.3) is 5.91 Å². The molecule has 0 radical (unpaired) electrons. The number of rotatable bonds is 7. The molecular formula is C17H22N2O4. The second-order valence-electron chi connectivity index (χ2n) is 5.17. The van der Waals surface area contributed by atoms with Gasteiger partial charge in [-0.3, -0.25) is 4.79 Å². The first-order chi connectivity index (χ1) is 11.1. The maximum Gasteiger partial charge on any atom is 0.255 e. The smallest absolute Gasteiger partial charge is 0.255 e. The molecule has 1 atom stereocenters. The predicted molar refractivity (Wildman–Crippen MR) is 86.9 cm³/mol. The molecule has 1 aromatic carbocycles. The zero-order valence-corrected chi connectivity index (χ0v) is 13.6. The Morgan fingerprint density at radius 3 is 2.70 bits per heavy atom. The van der Waals surface area contributed by atoms with Crippen molar-refractivity contribution in [2.24, 2.45) is 7.05 Å². The van der Waals surface area contributed by atoms with Crippen LogP contribution in [0.3, 0.4) is 0 Å². The van der Waals surface area contributed by atoms with Gasteiger partial charge in [0.15, 0.2) is 0 Å². The Bertz CT molecular complexity index is 666. The average molecular weight is 318 g/mol. The highest BCUT2D eigenvalue weighted by Crippen LogP contribution is 2.24. The van der Waals surface area contributed by atoms with E-state index in [0.717, 1.165) is 5.69 Å². The van der Waals surface area contributed by atoms with E-state index in [2.05, 4.69) is 5.32 Å². The molecule has 0 aliphatic carbocycles. The van der Waals surface area contributed by atoms with Gasteiger partial charge in [-0.25, -0.2) is 0 Å². The number of hydrogen-bond acceptors (Lipinski definition) is 4. The molecule has 2 rings (SSSR count). The summed E-state index contributed by atoms with van der Waals surface area (Å²) < 4.78 is 12.2. The minimum atomic E-state index is -0.618. The number of ether oxygens (including phenoxy) is 2. The highest BCUT2D eigenvalue weighted by Gasteiger charge is 2.15. The number of amides is 1. The first-order valence-electron chi connectivity index (χ1n) is 7.36. The molecule has 1 aromatic heterocycles. The first kappa shape index (κ1) is 16.9. The standard InChI is InChI=1S/C17H22N2O4/c1-19-10-4-5-14(19)15(20)8-9-18-17(21)13-7-6-12(22-2)11-16(13)23-3/h4-7,10-11,15,20H,8-9H2,1-3H3,(H,18,21). The number of nitrogens with one attached hydrogen (secondary N) is 1. The van der Waals surface area contributed by atoms with Crippen molar-refractivity contribution >= 4 is 5.91 Å². The van der Waals surface area contributed by atoms with Crippen LogP contribution in [0.5, 0.6) is 11.5 Å². The van der Waals surface area contributed by atoms with E-state index in [9.17, 15) is 9.90 Å². The molecule has 0 bridgehead atoms. The summed E-state index contributed by atoms with van der Waals surface area (Å²) in [5, 5.41) is 12.9.